The highest BCUT2D eigenvalue weighted by Crippen LogP contribution is 2.24. The van der Waals surface area contributed by atoms with Crippen molar-refractivity contribution in [2.24, 2.45) is 0 Å². The summed E-state index contributed by atoms with van der Waals surface area (Å²) in [6.07, 6.45) is 0. The minimum absolute atomic E-state index is 0.253. The van der Waals surface area contributed by atoms with Gasteiger partial charge in [0.25, 0.3) is 0 Å². The number of carbonyl (C=O) groups excluding carboxylic acids is 1. The Bertz CT molecular complexity index is 381. The van der Waals surface area contributed by atoms with Gasteiger partial charge in [0.2, 0.25) is 5.91 Å². The van der Waals surface area contributed by atoms with E-state index in [1.807, 2.05) is 12.1 Å². The molecule has 0 atom stereocenters. The normalized spacial score (nSPS) is 10.1. The lowest BCUT2D eigenvalue weighted by Crippen LogP contribution is -2.30. The van der Waals surface area contributed by atoms with E-state index in [9.17, 15) is 9.59 Å². The molecule has 0 aromatic carbocycles. The second-order valence-electron chi connectivity index (χ2n) is 2.87. The van der Waals surface area contributed by atoms with E-state index < -0.39 is 5.97 Å². The number of carboxylic acids is 1. The Morgan fingerprint density at radius 1 is 1.50 bits per heavy atom. The van der Waals surface area contributed by atoms with Crippen LogP contribution in [-0.4, -0.2) is 29.3 Å². The van der Waals surface area contributed by atoms with Gasteiger partial charge in [-0.2, -0.15) is 0 Å². The summed E-state index contributed by atoms with van der Waals surface area (Å²) in [5.74, 6) is -0.348. The number of halogens is 1. The smallest absolute Gasteiger partial charge is 0.322 e. The van der Waals surface area contributed by atoms with Crippen molar-refractivity contribution in [2.75, 3.05) is 12.3 Å². The van der Waals surface area contributed by atoms with E-state index in [1.165, 1.54) is 23.1 Å². The van der Waals surface area contributed by atoms with Gasteiger partial charge in [-0.15, -0.1) is 23.1 Å². The third kappa shape index (κ3) is 5.39. The Kier molecular flexibility index (Phi) is 5.65. The molecule has 16 heavy (non-hydrogen) atoms. The van der Waals surface area contributed by atoms with Crippen LogP contribution < -0.4 is 5.32 Å². The average molecular weight is 280 g/mol. The number of rotatable bonds is 6. The van der Waals surface area contributed by atoms with Crippen molar-refractivity contribution in [2.45, 2.75) is 5.75 Å². The molecule has 1 heterocycles. The van der Waals surface area contributed by atoms with Gasteiger partial charge < -0.3 is 10.4 Å². The quantitative estimate of drug-likeness (QED) is 0.834. The van der Waals surface area contributed by atoms with Crippen LogP contribution in [0.4, 0.5) is 0 Å². The predicted molar refractivity (Wildman–Crippen MR) is 66.1 cm³/mol. The molecule has 0 unspecified atom stereocenters. The number of carbonyl (C=O) groups is 2. The molecule has 0 aliphatic carbocycles. The van der Waals surface area contributed by atoms with Crippen molar-refractivity contribution < 1.29 is 14.7 Å². The Morgan fingerprint density at radius 3 is 2.81 bits per heavy atom. The zero-order valence-electron chi connectivity index (χ0n) is 8.23. The summed E-state index contributed by atoms with van der Waals surface area (Å²) in [6, 6.07) is 3.72. The fraction of sp³-hybridized carbons (Fsp3) is 0.333. The SMILES string of the molecule is O=C(O)CNC(=O)CSCc1ccc(Cl)s1. The van der Waals surface area contributed by atoms with Crippen LogP contribution in [-0.2, 0) is 15.3 Å². The summed E-state index contributed by atoms with van der Waals surface area (Å²) in [5, 5.41) is 10.6. The first-order valence-electron chi connectivity index (χ1n) is 4.38. The summed E-state index contributed by atoms with van der Waals surface area (Å²) in [5.41, 5.74) is 0. The molecule has 4 nitrogen and oxygen atoms in total. The van der Waals surface area contributed by atoms with E-state index in [0.29, 0.717) is 5.75 Å². The molecule has 7 heteroatoms. The summed E-state index contributed by atoms with van der Waals surface area (Å²) in [4.78, 5) is 22.4. The topological polar surface area (TPSA) is 66.4 Å². The van der Waals surface area contributed by atoms with Crippen LogP contribution >= 0.6 is 34.7 Å². The lowest BCUT2D eigenvalue weighted by Gasteiger charge is -2.01. The van der Waals surface area contributed by atoms with Gasteiger partial charge in [0.15, 0.2) is 0 Å². The highest BCUT2D eigenvalue weighted by molar-refractivity contribution is 7.99. The number of thioether (sulfide) groups is 1. The largest absolute Gasteiger partial charge is 0.480 e. The number of nitrogens with one attached hydrogen (secondary N) is 1. The fourth-order valence-electron chi connectivity index (χ4n) is 0.899. The van der Waals surface area contributed by atoms with Crippen molar-refractivity contribution in [1.82, 2.24) is 5.32 Å². The van der Waals surface area contributed by atoms with E-state index in [-0.39, 0.29) is 18.2 Å². The molecule has 1 aromatic rings. The van der Waals surface area contributed by atoms with Crippen molar-refractivity contribution >= 4 is 46.6 Å². The van der Waals surface area contributed by atoms with Crippen LogP contribution in [0.2, 0.25) is 4.34 Å². The van der Waals surface area contributed by atoms with Gasteiger partial charge in [-0.1, -0.05) is 11.6 Å². The lowest BCUT2D eigenvalue weighted by molar-refractivity contribution is -0.137. The number of thiophene rings is 1. The number of hydrogen-bond donors (Lipinski definition) is 2. The summed E-state index contributed by atoms with van der Waals surface area (Å²) in [7, 11) is 0. The molecule has 1 aromatic heterocycles. The molecule has 88 valence electrons. The van der Waals surface area contributed by atoms with Crippen molar-refractivity contribution in [3.05, 3.63) is 21.3 Å². The molecule has 0 spiro atoms. The second-order valence-corrected chi connectivity index (χ2v) is 5.65. The highest BCUT2D eigenvalue weighted by Gasteiger charge is 2.04. The monoisotopic (exact) mass is 279 g/mol. The van der Waals surface area contributed by atoms with E-state index in [1.54, 1.807) is 0 Å². The number of aliphatic carboxylic acids is 1. The fourth-order valence-corrected chi connectivity index (χ4v) is 2.95. The first-order valence-corrected chi connectivity index (χ1v) is 6.73. The molecule has 0 aliphatic heterocycles. The minimum Gasteiger partial charge on any atom is -0.480 e. The zero-order chi connectivity index (χ0) is 12.0. The maximum atomic E-state index is 11.1. The molecule has 2 N–H and O–H groups in total. The standard InChI is InChI=1S/C9H10ClNO3S2/c10-7-2-1-6(16-7)4-15-5-8(12)11-3-9(13)14/h1-2H,3-5H2,(H,11,12)(H,13,14). The van der Waals surface area contributed by atoms with Gasteiger partial charge >= 0.3 is 5.97 Å². The first kappa shape index (κ1) is 13.3. The Hall–Kier alpha value is -0.720. The summed E-state index contributed by atoms with van der Waals surface area (Å²) >= 11 is 8.65. The van der Waals surface area contributed by atoms with Gasteiger partial charge in [-0.25, -0.2) is 0 Å². The minimum atomic E-state index is -1.04. The highest BCUT2D eigenvalue weighted by atomic mass is 35.5. The molecular formula is C9H10ClNO3S2. The van der Waals surface area contributed by atoms with Gasteiger partial charge in [-0.3, -0.25) is 9.59 Å². The van der Waals surface area contributed by atoms with E-state index >= 15 is 0 Å². The van der Waals surface area contributed by atoms with E-state index in [4.69, 9.17) is 16.7 Å². The molecule has 0 saturated carbocycles. The van der Waals surface area contributed by atoms with E-state index in [0.717, 1.165) is 9.21 Å². The van der Waals surface area contributed by atoms with Crippen LogP contribution in [0.1, 0.15) is 4.88 Å². The van der Waals surface area contributed by atoms with Gasteiger partial charge in [0.1, 0.15) is 6.54 Å². The van der Waals surface area contributed by atoms with E-state index in [2.05, 4.69) is 5.32 Å². The maximum absolute atomic E-state index is 11.1. The van der Waals surface area contributed by atoms with Gasteiger partial charge in [-0.05, 0) is 12.1 Å². The van der Waals surface area contributed by atoms with Crippen molar-refractivity contribution in [3.8, 4) is 0 Å². The average Bonchev–Trinajstić information content (AvgIpc) is 2.61. The third-order valence-corrected chi connectivity index (χ3v) is 3.94. The third-order valence-electron chi connectivity index (χ3n) is 1.54. The second kappa shape index (κ2) is 6.78. The summed E-state index contributed by atoms with van der Waals surface area (Å²) in [6.45, 7) is -0.329. The molecule has 0 bridgehead atoms. The lowest BCUT2D eigenvalue weighted by atomic mass is 10.5. The van der Waals surface area contributed by atoms with Crippen LogP contribution in [0.15, 0.2) is 12.1 Å². The molecule has 0 fully saturated rings. The van der Waals surface area contributed by atoms with Gasteiger partial charge in [0, 0.05) is 10.6 Å². The zero-order valence-corrected chi connectivity index (χ0v) is 10.6. The summed E-state index contributed by atoms with van der Waals surface area (Å²) < 4.78 is 0.728. The van der Waals surface area contributed by atoms with Crippen molar-refractivity contribution in [3.63, 3.8) is 0 Å². The number of hydrogen-bond acceptors (Lipinski definition) is 4. The molecule has 0 radical (unpaired) electrons. The molecule has 1 amide bonds. The first-order chi connectivity index (χ1) is 7.58. The van der Waals surface area contributed by atoms with Crippen LogP contribution in [0.3, 0.4) is 0 Å². The predicted octanol–water partition coefficient (Wildman–Crippen LogP) is 1.84. The van der Waals surface area contributed by atoms with Crippen LogP contribution in [0.25, 0.3) is 0 Å². The Labute approximate surface area is 106 Å². The number of carboxylic acid groups (broad SMARTS) is 1. The Morgan fingerprint density at radius 2 is 2.25 bits per heavy atom. The molecule has 1 rings (SSSR count). The van der Waals surface area contributed by atoms with Crippen LogP contribution in [0.5, 0.6) is 0 Å². The molecule has 0 aliphatic rings. The molecule has 0 saturated heterocycles. The molecular weight excluding hydrogens is 270 g/mol. The van der Waals surface area contributed by atoms with Crippen LogP contribution in [0, 0.1) is 0 Å². The Balaban J connectivity index is 2.15. The maximum Gasteiger partial charge on any atom is 0.322 e. The van der Waals surface area contributed by atoms with Crippen molar-refractivity contribution in [1.29, 1.82) is 0 Å². The number of amides is 1. The van der Waals surface area contributed by atoms with Gasteiger partial charge in [0.05, 0.1) is 10.1 Å².